The molecule has 1 fully saturated rings. The zero-order valence-corrected chi connectivity index (χ0v) is 21.6. The van der Waals surface area contributed by atoms with Crippen LogP contribution in [0.1, 0.15) is 83.7 Å². The Morgan fingerprint density at radius 3 is 2.12 bits per heavy atom. The molecule has 1 spiro atoms. The number of esters is 1. The second-order valence-corrected chi connectivity index (χ2v) is 9.08. The molecule has 0 aromatic heterocycles. The number of ether oxygens (including phenoxy) is 2. The summed E-state index contributed by atoms with van der Waals surface area (Å²) in [5, 5.41) is 0.218. The van der Waals surface area contributed by atoms with Gasteiger partial charge in [0.25, 0.3) is 0 Å². The predicted octanol–water partition coefficient (Wildman–Crippen LogP) is 7.58. The first-order chi connectivity index (χ1) is 15.3. The van der Waals surface area contributed by atoms with Crippen LogP contribution in [-0.4, -0.2) is 42.1 Å². The molecular weight excluding hydrogens is 452 g/mol. The Hall–Kier alpha value is -2.15. The minimum Gasteiger partial charge on any atom is -0.465 e. The van der Waals surface area contributed by atoms with Gasteiger partial charge in [-0.05, 0) is 39.3 Å². The van der Waals surface area contributed by atoms with Crippen LogP contribution in [0.2, 0.25) is 5.02 Å². The van der Waals surface area contributed by atoms with E-state index in [0.717, 1.165) is 0 Å². The van der Waals surface area contributed by atoms with Crippen molar-refractivity contribution < 1.29 is 27.8 Å². The number of carbonyl (C=O) groups excluding carboxylic acids is 2. The first kappa shape index (κ1) is 28.9. The summed E-state index contributed by atoms with van der Waals surface area (Å²) in [6, 6.07) is 4.55. The molecule has 1 aliphatic heterocycles. The summed E-state index contributed by atoms with van der Waals surface area (Å²) < 4.78 is 37.4. The second-order valence-electron chi connectivity index (χ2n) is 8.67. The smallest absolute Gasteiger partial charge is 0.414 e. The van der Waals surface area contributed by atoms with E-state index in [0.29, 0.717) is 17.7 Å². The Bertz CT molecular complexity index is 870. The molecule has 0 N–H and O–H groups in total. The monoisotopic (exact) mass is 487 g/mol. The van der Waals surface area contributed by atoms with E-state index in [1.165, 1.54) is 24.1 Å². The molecule has 1 amide bonds. The molecule has 1 heterocycles. The maximum absolute atomic E-state index is 13.6. The molecule has 33 heavy (non-hydrogen) atoms. The average Bonchev–Trinajstić information content (AvgIpc) is 2.73. The lowest BCUT2D eigenvalue weighted by Gasteiger charge is -2.49. The molecule has 8 heteroatoms. The number of alkyl halides is 2. The lowest BCUT2D eigenvalue weighted by atomic mass is 9.62. The number of hydrogen-bond acceptors (Lipinski definition) is 4. The van der Waals surface area contributed by atoms with Gasteiger partial charge < -0.3 is 9.47 Å². The quantitative estimate of drug-likeness (QED) is 0.403. The van der Waals surface area contributed by atoms with Crippen molar-refractivity contribution >= 4 is 29.4 Å². The molecule has 2 aliphatic rings. The minimum absolute atomic E-state index is 0.218. The maximum atomic E-state index is 13.6. The number of methoxy groups -OCH3 is 1. The van der Waals surface area contributed by atoms with E-state index in [1.807, 2.05) is 27.7 Å². The highest BCUT2D eigenvalue weighted by molar-refractivity contribution is 6.32. The molecule has 0 bridgehead atoms. The lowest BCUT2D eigenvalue weighted by molar-refractivity contribution is -0.146. The summed E-state index contributed by atoms with van der Waals surface area (Å²) in [5.41, 5.74) is -0.241. The number of allylic oxidation sites excluding steroid dienone is 1. The SMILES string of the molecule is CC.CC.COC(=O)c1ccc(C2=CC3(CCN2C(=O)OC(C)(C)C)CC(F)(F)C3)c(Cl)c1. The summed E-state index contributed by atoms with van der Waals surface area (Å²) in [7, 11) is 1.26. The molecule has 0 radical (unpaired) electrons. The van der Waals surface area contributed by atoms with Gasteiger partial charge in [0.1, 0.15) is 5.60 Å². The van der Waals surface area contributed by atoms with Crippen molar-refractivity contribution in [2.75, 3.05) is 13.7 Å². The van der Waals surface area contributed by atoms with E-state index in [1.54, 1.807) is 32.9 Å². The van der Waals surface area contributed by atoms with E-state index in [2.05, 4.69) is 0 Å². The van der Waals surface area contributed by atoms with E-state index in [-0.39, 0.29) is 30.0 Å². The predicted molar refractivity (Wildman–Crippen MR) is 128 cm³/mol. The molecule has 5 nitrogen and oxygen atoms in total. The molecular formula is C25H36ClF2NO4. The van der Waals surface area contributed by atoms with Gasteiger partial charge in [-0.25, -0.2) is 18.4 Å². The largest absolute Gasteiger partial charge is 0.465 e. The molecule has 3 rings (SSSR count). The zero-order valence-electron chi connectivity index (χ0n) is 20.9. The van der Waals surface area contributed by atoms with Crippen LogP contribution in [0.5, 0.6) is 0 Å². The second kappa shape index (κ2) is 11.3. The van der Waals surface area contributed by atoms with Gasteiger partial charge in [0.15, 0.2) is 0 Å². The number of halogens is 3. The topological polar surface area (TPSA) is 55.8 Å². The van der Waals surface area contributed by atoms with Crippen LogP contribution in [-0.2, 0) is 9.47 Å². The van der Waals surface area contributed by atoms with Gasteiger partial charge in [0.05, 0.1) is 23.4 Å². The average molecular weight is 488 g/mol. The van der Waals surface area contributed by atoms with Crippen LogP contribution in [0, 0.1) is 5.41 Å². The van der Waals surface area contributed by atoms with Crippen LogP contribution in [0.15, 0.2) is 24.3 Å². The fraction of sp³-hybridized carbons (Fsp3) is 0.600. The van der Waals surface area contributed by atoms with Crippen LogP contribution in [0.4, 0.5) is 13.6 Å². The number of benzene rings is 1. The van der Waals surface area contributed by atoms with Gasteiger partial charge in [0, 0.05) is 30.4 Å². The van der Waals surface area contributed by atoms with Gasteiger partial charge in [0.2, 0.25) is 5.92 Å². The fourth-order valence-electron chi connectivity index (χ4n) is 3.85. The first-order valence-electron chi connectivity index (χ1n) is 11.3. The molecule has 1 saturated carbocycles. The van der Waals surface area contributed by atoms with Crippen molar-refractivity contribution in [2.45, 2.75) is 79.3 Å². The lowest BCUT2D eigenvalue weighted by Crippen LogP contribution is -2.50. The third kappa shape index (κ3) is 7.16. The van der Waals surface area contributed by atoms with Gasteiger partial charge in [-0.3, -0.25) is 4.90 Å². The van der Waals surface area contributed by atoms with E-state index in [9.17, 15) is 18.4 Å². The van der Waals surface area contributed by atoms with Crippen molar-refractivity contribution in [1.82, 2.24) is 4.90 Å². The third-order valence-electron chi connectivity index (χ3n) is 5.07. The maximum Gasteiger partial charge on any atom is 0.414 e. The van der Waals surface area contributed by atoms with Crippen LogP contribution in [0.3, 0.4) is 0 Å². The molecule has 186 valence electrons. The summed E-state index contributed by atoms with van der Waals surface area (Å²) >= 11 is 6.40. The summed E-state index contributed by atoms with van der Waals surface area (Å²) in [6.07, 6.45) is 1.03. The zero-order chi connectivity index (χ0) is 25.6. The Kier molecular flexibility index (Phi) is 9.91. The highest BCUT2D eigenvalue weighted by atomic mass is 35.5. The van der Waals surface area contributed by atoms with Gasteiger partial charge in [-0.2, -0.15) is 0 Å². The molecule has 0 atom stereocenters. The number of hydrogen-bond donors (Lipinski definition) is 0. The number of rotatable bonds is 2. The summed E-state index contributed by atoms with van der Waals surface area (Å²) in [5.74, 6) is -3.25. The molecule has 1 aromatic rings. The Labute approximate surface area is 201 Å². The number of amides is 1. The highest BCUT2D eigenvalue weighted by Crippen LogP contribution is 2.58. The molecule has 1 aromatic carbocycles. The van der Waals surface area contributed by atoms with Gasteiger partial charge in [-0.15, -0.1) is 0 Å². The van der Waals surface area contributed by atoms with Crippen LogP contribution >= 0.6 is 11.6 Å². The minimum atomic E-state index is -2.70. The third-order valence-corrected chi connectivity index (χ3v) is 5.38. The summed E-state index contributed by atoms with van der Waals surface area (Å²) in [6.45, 7) is 13.5. The Balaban J connectivity index is 0.00000129. The fourth-order valence-corrected chi connectivity index (χ4v) is 4.13. The summed E-state index contributed by atoms with van der Waals surface area (Å²) in [4.78, 5) is 25.9. The normalized spacial score (nSPS) is 17.9. The van der Waals surface area contributed by atoms with Crippen molar-refractivity contribution in [3.05, 3.63) is 40.4 Å². The van der Waals surface area contributed by atoms with E-state index >= 15 is 0 Å². The Morgan fingerprint density at radius 2 is 1.67 bits per heavy atom. The first-order valence-corrected chi connectivity index (χ1v) is 11.7. The molecule has 0 unspecified atom stereocenters. The number of carbonyl (C=O) groups is 2. The van der Waals surface area contributed by atoms with E-state index < -0.39 is 29.0 Å². The van der Waals surface area contributed by atoms with Crippen LogP contribution in [0.25, 0.3) is 5.70 Å². The van der Waals surface area contributed by atoms with Crippen molar-refractivity contribution in [1.29, 1.82) is 0 Å². The van der Waals surface area contributed by atoms with Crippen molar-refractivity contribution in [3.8, 4) is 0 Å². The number of nitrogens with zero attached hydrogens (tertiary/aromatic N) is 1. The van der Waals surface area contributed by atoms with Crippen LogP contribution < -0.4 is 0 Å². The molecule has 0 saturated heterocycles. The highest BCUT2D eigenvalue weighted by Gasteiger charge is 2.56. The van der Waals surface area contributed by atoms with Gasteiger partial charge in [-0.1, -0.05) is 51.4 Å². The van der Waals surface area contributed by atoms with E-state index in [4.69, 9.17) is 21.1 Å². The van der Waals surface area contributed by atoms with Crippen molar-refractivity contribution in [2.24, 2.45) is 5.41 Å². The standard InChI is InChI=1S/C21H24ClF2NO4.2C2H6/c1-19(2,3)29-18(27)25-8-7-20(11-21(23,24)12-20)10-16(25)14-6-5-13(9-15(14)22)17(26)28-4;2*1-2/h5-6,9-10H,7-8,11-12H2,1-4H3;2*1-2H3. The van der Waals surface area contributed by atoms with Crippen molar-refractivity contribution in [3.63, 3.8) is 0 Å². The molecule has 1 aliphatic carbocycles. The Morgan fingerprint density at radius 1 is 1.09 bits per heavy atom. The van der Waals surface area contributed by atoms with Gasteiger partial charge >= 0.3 is 12.1 Å².